The van der Waals surface area contributed by atoms with Crippen LogP contribution in [-0.4, -0.2) is 0 Å². The van der Waals surface area contributed by atoms with Gasteiger partial charge in [0.05, 0.1) is 0 Å². The highest BCUT2D eigenvalue weighted by molar-refractivity contribution is 6.31. The first-order valence-electron chi connectivity index (χ1n) is 2.64. The number of hydrogen-bond acceptors (Lipinski definition) is 0. The van der Waals surface area contributed by atoms with Crippen LogP contribution in [0, 0.1) is 0 Å². The van der Waals surface area contributed by atoms with Crippen molar-refractivity contribution in [2.24, 2.45) is 0 Å². The minimum absolute atomic E-state index is 0.486. The van der Waals surface area contributed by atoms with Gasteiger partial charge in [-0.15, -0.1) is 0 Å². The van der Waals surface area contributed by atoms with Gasteiger partial charge in [-0.3, -0.25) is 0 Å². The van der Waals surface area contributed by atoms with Gasteiger partial charge in [-0.2, -0.15) is 0 Å². The minimum Gasteiger partial charge on any atom is -0.246 e. The zero-order chi connectivity index (χ0) is 6.69. The Kier molecular flexibility index (Phi) is 2.06. The summed E-state index contributed by atoms with van der Waals surface area (Å²) in [7, 11) is 0. The lowest BCUT2D eigenvalue weighted by Crippen LogP contribution is -1.77. The molecule has 0 aliphatic rings. The second-order valence-electron chi connectivity index (χ2n) is 1.73. The van der Waals surface area contributed by atoms with Crippen LogP contribution in [0.4, 0.5) is 4.39 Å². The normalized spacial score (nSPS) is 9.56. The van der Waals surface area contributed by atoms with Crippen molar-refractivity contribution in [3.8, 4) is 0 Å². The van der Waals surface area contributed by atoms with Crippen molar-refractivity contribution in [2.45, 2.75) is 6.67 Å². The molecule has 0 unspecified atom stereocenters. The zero-order valence-corrected chi connectivity index (χ0v) is 5.53. The van der Waals surface area contributed by atoms with Crippen LogP contribution in [0.25, 0.3) is 0 Å². The van der Waals surface area contributed by atoms with Gasteiger partial charge < -0.3 is 0 Å². The summed E-state index contributed by atoms with van der Waals surface area (Å²) in [6, 6.07) is 6.89. The summed E-state index contributed by atoms with van der Waals surface area (Å²) in [6.07, 6.45) is 0. The van der Waals surface area contributed by atoms with Gasteiger partial charge in [-0.25, -0.2) is 4.39 Å². The summed E-state index contributed by atoms with van der Waals surface area (Å²) in [5, 5.41) is 0.500. The second kappa shape index (κ2) is 2.83. The Morgan fingerprint density at radius 1 is 1.33 bits per heavy atom. The molecule has 9 heavy (non-hydrogen) atoms. The number of benzene rings is 1. The van der Waals surface area contributed by atoms with E-state index in [1.165, 1.54) is 0 Å². The molecule has 0 saturated heterocycles. The minimum atomic E-state index is -0.486. The van der Waals surface area contributed by atoms with Crippen molar-refractivity contribution in [2.75, 3.05) is 0 Å². The third kappa shape index (κ3) is 1.42. The van der Waals surface area contributed by atoms with Gasteiger partial charge in [-0.05, 0) is 6.07 Å². The first kappa shape index (κ1) is 6.56. The predicted molar refractivity (Wildman–Crippen MR) is 36.3 cm³/mol. The van der Waals surface area contributed by atoms with Gasteiger partial charge in [0, 0.05) is 10.6 Å². The molecular formula is C7H6ClF. The second-order valence-corrected chi connectivity index (χ2v) is 2.13. The third-order valence-corrected chi connectivity index (χ3v) is 1.47. The lowest BCUT2D eigenvalue weighted by atomic mass is 10.2. The maximum Gasteiger partial charge on any atom is 0.116 e. The molecule has 0 aliphatic carbocycles. The van der Waals surface area contributed by atoms with Crippen molar-refractivity contribution in [3.63, 3.8) is 0 Å². The Labute approximate surface area is 58.3 Å². The summed E-state index contributed by atoms with van der Waals surface area (Å²) < 4.78 is 11.9. The van der Waals surface area contributed by atoms with Gasteiger partial charge in [0.2, 0.25) is 0 Å². The molecule has 0 nitrogen and oxygen atoms in total. The highest BCUT2D eigenvalue weighted by Gasteiger charge is 1.94. The van der Waals surface area contributed by atoms with E-state index in [9.17, 15) is 4.39 Å². The smallest absolute Gasteiger partial charge is 0.116 e. The lowest BCUT2D eigenvalue weighted by molar-refractivity contribution is 0.485. The maximum absolute atomic E-state index is 11.9. The summed E-state index contributed by atoms with van der Waals surface area (Å²) in [5.41, 5.74) is 0.555. The highest BCUT2D eigenvalue weighted by atomic mass is 35.5. The summed E-state index contributed by atoms with van der Waals surface area (Å²) >= 11 is 5.58. The number of alkyl halides is 1. The van der Waals surface area contributed by atoms with Crippen LogP contribution in [0.2, 0.25) is 5.02 Å². The average Bonchev–Trinajstić information content (AvgIpc) is 1.89. The molecule has 0 aromatic heterocycles. The van der Waals surface area contributed by atoms with Crippen LogP contribution in [-0.2, 0) is 6.67 Å². The van der Waals surface area contributed by atoms with E-state index in [2.05, 4.69) is 0 Å². The van der Waals surface area contributed by atoms with Gasteiger partial charge in [0.1, 0.15) is 6.67 Å². The summed E-state index contributed by atoms with van der Waals surface area (Å²) in [6.45, 7) is -0.486. The Balaban J connectivity index is 3.01. The van der Waals surface area contributed by atoms with Crippen molar-refractivity contribution in [1.82, 2.24) is 0 Å². The molecule has 0 heterocycles. The van der Waals surface area contributed by atoms with Gasteiger partial charge in [0.25, 0.3) is 0 Å². The lowest BCUT2D eigenvalue weighted by Gasteiger charge is -1.94. The molecule has 0 spiro atoms. The number of rotatable bonds is 1. The largest absolute Gasteiger partial charge is 0.246 e. The van der Waals surface area contributed by atoms with Crippen molar-refractivity contribution < 1.29 is 4.39 Å². The van der Waals surface area contributed by atoms with Gasteiger partial charge in [0.15, 0.2) is 0 Å². The van der Waals surface area contributed by atoms with Crippen LogP contribution in [0.3, 0.4) is 0 Å². The topological polar surface area (TPSA) is 0 Å². The molecule has 1 aromatic rings. The SMILES string of the molecule is FCc1ccccc1Cl. The first-order valence-corrected chi connectivity index (χ1v) is 3.02. The molecular weight excluding hydrogens is 139 g/mol. The van der Waals surface area contributed by atoms with E-state index < -0.39 is 6.67 Å². The average molecular weight is 145 g/mol. The van der Waals surface area contributed by atoms with Gasteiger partial charge in [-0.1, -0.05) is 29.8 Å². The molecule has 0 aliphatic heterocycles. The van der Waals surface area contributed by atoms with Crippen LogP contribution in [0.1, 0.15) is 5.56 Å². The summed E-state index contributed by atoms with van der Waals surface area (Å²) in [5.74, 6) is 0. The first-order chi connectivity index (χ1) is 4.34. The van der Waals surface area contributed by atoms with Crippen LogP contribution < -0.4 is 0 Å². The van der Waals surface area contributed by atoms with Crippen LogP contribution in [0.15, 0.2) is 24.3 Å². The third-order valence-electron chi connectivity index (χ3n) is 1.10. The van der Waals surface area contributed by atoms with Gasteiger partial charge >= 0.3 is 0 Å². The van der Waals surface area contributed by atoms with E-state index in [0.29, 0.717) is 10.6 Å². The molecule has 0 bridgehead atoms. The molecule has 0 fully saturated rings. The molecule has 0 radical (unpaired) electrons. The molecule has 1 aromatic carbocycles. The fourth-order valence-corrected chi connectivity index (χ4v) is 0.793. The van der Waals surface area contributed by atoms with E-state index >= 15 is 0 Å². The van der Waals surface area contributed by atoms with E-state index in [0.717, 1.165) is 0 Å². The number of hydrogen-bond donors (Lipinski definition) is 0. The quantitative estimate of drug-likeness (QED) is 0.569. The van der Waals surface area contributed by atoms with E-state index in [-0.39, 0.29) is 0 Å². The fraction of sp³-hybridized carbons (Fsp3) is 0.143. The highest BCUT2D eigenvalue weighted by Crippen LogP contribution is 2.14. The zero-order valence-electron chi connectivity index (χ0n) is 4.77. The Bertz CT molecular complexity index is 198. The van der Waals surface area contributed by atoms with E-state index in [1.807, 2.05) is 0 Å². The molecule has 0 N–H and O–H groups in total. The van der Waals surface area contributed by atoms with Crippen LogP contribution >= 0.6 is 11.6 Å². The Hall–Kier alpha value is -0.560. The Morgan fingerprint density at radius 2 is 2.00 bits per heavy atom. The van der Waals surface area contributed by atoms with Crippen molar-refractivity contribution >= 4 is 11.6 Å². The standard InChI is InChI=1S/C7H6ClF/c8-7-4-2-1-3-6(7)5-9/h1-4H,5H2. The molecule has 0 saturated carbocycles. The number of halogens is 2. The fourth-order valence-electron chi connectivity index (χ4n) is 0.607. The van der Waals surface area contributed by atoms with E-state index in [1.54, 1.807) is 24.3 Å². The predicted octanol–water partition coefficient (Wildman–Crippen LogP) is 2.81. The van der Waals surface area contributed by atoms with E-state index in [4.69, 9.17) is 11.6 Å². The van der Waals surface area contributed by atoms with Crippen molar-refractivity contribution in [1.29, 1.82) is 0 Å². The molecule has 0 atom stereocenters. The maximum atomic E-state index is 11.9. The summed E-state index contributed by atoms with van der Waals surface area (Å²) in [4.78, 5) is 0. The monoisotopic (exact) mass is 144 g/mol. The molecule has 2 heteroatoms. The molecule has 1 rings (SSSR count). The van der Waals surface area contributed by atoms with Crippen molar-refractivity contribution in [3.05, 3.63) is 34.9 Å². The Morgan fingerprint density at radius 3 is 2.44 bits per heavy atom. The molecule has 0 amide bonds. The van der Waals surface area contributed by atoms with Crippen LogP contribution in [0.5, 0.6) is 0 Å². The molecule has 48 valence electrons.